The molecule has 0 aromatic heterocycles. The number of likely N-dealkylation sites (tertiary alicyclic amines) is 1. The maximum absolute atomic E-state index is 12.0. The number of nitrogens with zero attached hydrogens (tertiary/aromatic N) is 2. The molecule has 0 atom stereocenters. The van der Waals surface area contributed by atoms with Crippen molar-refractivity contribution in [3.63, 3.8) is 0 Å². The van der Waals surface area contributed by atoms with Crippen LogP contribution in [0.15, 0.2) is 0 Å². The maximum atomic E-state index is 12.0. The van der Waals surface area contributed by atoms with Crippen LogP contribution in [0.1, 0.15) is 26.7 Å². The molecule has 19 heavy (non-hydrogen) atoms. The van der Waals surface area contributed by atoms with Crippen molar-refractivity contribution in [2.75, 3.05) is 33.2 Å². The van der Waals surface area contributed by atoms with Gasteiger partial charge in [-0.1, -0.05) is 0 Å². The van der Waals surface area contributed by atoms with Crippen LogP contribution >= 0.6 is 0 Å². The smallest absolute Gasteiger partial charge is 0.324 e. The maximum Gasteiger partial charge on any atom is 0.325 e. The average Bonchev–Trinajstić information content (AvgIpc) is 2.57. The molecule has 0 bridgehead atoms. The van der Waals surface area contributed by atoms with Crippen LogP contribution in [0.2, 0.25) is 0 Å². The van der Waals surface area contributed by atoms with Gasteiger partial charge in [-0.15, -0.1) is 0 Å². The van der Waals surface area contributed by atoms with E-state index < -0.39 is 5.54 Å². The Kier molecular flexibility index (Phi) is 4.10. The molecule has 2 aliphatic rings. The molecule has 0 radical (unpaired) electrons. The van der Waals surface area contributed by atoms with Crippen molar-refractivity contribution in [2.24, 2.45) is 0 Å². The molecule has 2 aliphatic heterocycles. The van der Waals surface area contributed by atoms with Gasteiger partial charge >= 0.3 is 6.03 Å². The molecule has 0 spiro atoms. The van der Waals surface area contributed by atoms with E-state index in [1.807, 2.05) is 7.05 Å². The van der Waals surface area contributed by atoms with E-state index in [0.29, 0.717) is 12.6 Å². The van der Waals surface area contributed by atoms with Crippen molar-refractivity contribution in [1.29, 1.82) is 0 Å². The molecule has 108 valence electrons. The molecule has 0 aromatic rings. The molecule has 2 saturated heterocycles. The highest BCUT2D eigenvalue weighted by Crippen LogP contribution is 2.17. The molecule has 2 heterocycles. The van der Waals surface area contributed by atoms with Crippen LogP contribution < -0.4 is 10.6 Å². The first-order chi connectivity index (χ1) is 8.94. The highest BCUT2D eigenvalue weighted by Gasteiger charge is 2.43. The van der Waals surface area contributed by atoms with E-state index in [1.165, 1.54) is 4.90 Å². The third kappa shape index (κ3) is 3.06. The summed E-state index contributed by atoms with van der Waals surface area (Å²) < 4.78 is 0. The zero-order valence-corrected chi connectivity index (χ0v) is 12.0. The van der Waals surface area contributed by atoms with Gasteiger partial charge < -0.3 is 15.5 Å². The van der Waals surface area contributed by atoms with Crippen molar-refractivity contribution < 1.29 is 9.59 Å². The number of nitrogens with one attached hydrogen (secondary N) is 2. The normalized spacial score (nSPS) is 24.9. The Labute approximate surface area is 114 Å². The number of rotatable bonds is 4. The van der Waals surface area contributed by atoms with Crippen molar-refractivity contribution in [3.05, 3.63) is 0 Å². The highest BCUT2D eigenvalue weighted by molar-refractivity contribution is 6.06. The number of hydrogen-bond acceptors (Lipinski definition) is 4. The Morgan fingerprint density at radius 1 is 1.26 bits per heavy atom. The van der Waals surface area contributed by atoms with Gasteiger partial charge in [-0.3, -0.25) is 9.69 Å². The van der Waals surface area contributed by atoms with Gasteiger partial charge in [0.15, 0.2) is 0 Å². The minimum Gasteiger partial charge on any atom is -0.324 e. The van der Waals surface area contributed by atoms with Crippen LogP contribution in [0, 0.1) is 0 Å². The lowest BCUT2D eigenvalue weighted by Gasteiger charge is -2.32. The van der Waals surface area contributed by atoms with Gasteiger partial charge in [-0.2, -0.15) is 0 Å². The van der Waals surface area contributed by atoms with Crippen LogP contribution in [0.4, 0.5) is 4.79 Å². The van der Waals surface area contributed by atoms with E-state index in [1.54, 1.807) is 13.8 Å². The fourth-order valence-electron chi connectivity index (χ4n) is 2.71. The van der Waals surface area contributed by atoms with Gasteiger partial charge in [0.1, 0.15) is 5.54 Å². The summed E-state index contributed by atoms with van der Waals surface area (Å²) in [4.78, 5) is 27.4. The van der Waals surface area contributed by atoms with Crippen LogP contribution in [-0.2, 0) is 4.79 Å². The Hall–Kier alpha value is -1.14. The highest BCUT2D eigenvalue weighted by atomic mass is 16.2. The second kappa shape index (κ2) is 5.46. The van der Waals surface area contributed by atoms with Gasteiger partial charge in [0.05, 0.1) is 0 Å². The fraction of sp³-hybridized carbons (Fsp3) is 0.846. The van der Waals surface area contributed by atoms with Crippen LogP contribution in [-0.4, -0.2) is 66.5 Å². The lowest BCUT2D eigenvalue weighted by molar-refractivity contribution is -0.130. The molecule has 3 amide bonds. The Balaban J connectivity index is 1.80. The lowest BCUT2D eigenvalue weighted by atomic mass is 10.1. The quantitative estimate of drug-likeness (QED) is 0.705. The molecule has 6 nitrogen and oxygen atoms in total. The number of piperidine rings is 1. The second-order valence-corrected chi connectivity index (χ2v) is 5.92. The van der Waals surface area contributed by atoms with Crippen LogP contribution in [0.25, 0.3) is 0 Å². The van der Waals surface area contributed by atoms with Gasteiger partial charge in [0, 0.05) is 19.1 Å². The minimum atomic E-state index is -0.754. The molecule has 0 aliphatic carbocycles. The average molecular weight is 268 g/mol. The number of carbonyl (C=O) groups excluding carboxylic acids is 2. The second-order valence-electron chi connectivity index (χ2n) is 5.92. The summed E-state index contributed by atoms with van der Waals surface area (Å²) in [6.07, 6.45) is 2.25. The zero-order valence-electron chi connectivity index (χ0n) is 12.0. The van der Waals surface area contributed by atoms with E-state index >= 15 is 0 Å². The Bertz CT molecular complexity index is 362. The molecule has 0 unspecified atom stereocenters. The van der Waals surface area contributed by atoms with Crippen molar-refractivity contribution >= 4 is 11.9 Å². The number of urea groups is 1. The third-order valence-electron chi connectivity index (χ3n) is 4.08. The van der Waals surface area contributed by atoms with Gasteiger partial charge in [-0.05, 0) is 46.8 Å². The molecule has 2 fully saturated rings. The van der Waals surface area contributed by atoms with Gasteiger partial charge in [0.25, 0.3) is 5.91 Å². The van der Waals surface area contributed by atoms with Gasteiger partial charge in [0.2, 0.25) is 0 Å². The minimum absolute atomic E-state index is 0.123. The first kappa shape index (κ1) is 14.3. The van der Waals surface area contributed by atoms with Crippen molar-refractivity contribution in [1.82, 2.24) is 20.4 Å². The predicted molar refractivity (Wildman–Crippen MR) is 72.8 cm³/mol. The summed E-state index contributed by atoms with van der Waals surface area (Å²) in [5, 5.41) is 6.00. The lowest BCUT2D eigenvalue weighted by Crippen LogP contribution is -2.45. The Morgan fingerprint density at radius 2 is 1.89 bits per heavy atom. The number of amides is 3. The zero-order chi connectivity index (χ0) is 14.0. The van der Waals surface area contributed by atoms with Crippen molar-refractivity contribution in [2.45, 2.75) is 38.3 Å². The summed E-state index contributed by atoms with van der Waals surface area (Å²) in [7, 11) is 2.00. The van der Waals surface area contributed by atoms with Gasteiger partial charge in [-0.25, -0.2) is 4.79 Å². The number of imide groups is 1. The van der Waals surface area contributed by atoms with Crippen LogP contribution in [0.5, 0.6) is 0 Å². The molecular formula is C13H24N4O2. The SMILES string of the molecule is CNC1CCN(CCN2C(=O)NC(C)(C)C2=O)CC1. The summed E-state index contributed by atoms with van der Waals surface area (Å²) >= 11 is 0. The molecule has 2 N–H and O–H groups in total. The van der Waals surface area contributed by atoms with E-state index in [0.717, 1.165) is 32.5 Å². The largest absolute Gasteiger partial charge is 0.325 e. The number of carbonyl (C=O) groups is 2. The number of hydrogen-bond donors (Lipinski definition) is 2. The molecule has 6 heteroatoms. The standard InChI is InChI=1S/C13H24N4O2/c1-13(2)11(18)17(12(19)15-13)9-8-16-6-4-10(14-3)5-7-16/h10,14H,4-9H2,1-3H3,(H,15,19). The summed E-state index contributed by atoms with van der Waals surface area (Å²) in [5.74, 6) is -0.123. The summed E-state index contributed by atoms with van der Waals surface area (Å²) in [6, 6.07) is 0.340. The predicted octanol–water partition coefficient (Wildman–Crippen LogP) is 0.000600. The topological polar surface area (TPSA) is 64.7 Å². The summed E-state index contributed by atoms with van der Waals surface area (Å²) in [6.45, 7) is 6.79. The van der Waals surface area contributed by atoms with E-state index in [9.17, 15) is 9.59 Å². The van der Waals surface area contributed by atoms with Crippen LogP contribution in [0.3, 0.4) is 0 Å². The molecule has 0 aromatic carbocycles. The third-order valence-corrected chi connectivity index (χ3v) is 4.08. The first-order valence-electron chi connectivity index (χ1n) is 6.98. The molecular weight excluding hydrogens is 244 g/mol. The first-order valence-corrected chi connectivity index (χ1v) is 6.98. The van der Waals surface area contributed by atoms with E-state index in [2.05, 4.69) is 15.5 Å². The van der Waals surface area contributed by atoms with E-state index in [-0.39, 0.29) is 11.9 Å². The molecule has 0 saturated carbocycles. The van der Waals surface area contributed by atoms with E-state index in [4.69, 9.17) is 0 Å². The fourth-order valence-corrected chi connectivity index (χ4v) is 2.71. The Morgan fingerprint density at radius 3 is 2.37 bits per heavy atom. The monoisotopic (exact) mass is 268 g/mol. The molecule has 2 rings (SSSR count). The van der Waals surface area contributed by atoms with Crippen molar-refractivity contribution in [3.8, 4) is 0 Å². The summed E-state index contributed by atoms with van der Waals surface area (Å²) in [5.41, 5.74) is -0.754.